The molecular weight excluding hydrogens is 446 g/mol. The van der Waals surface area contributed by atoms with Crippen LogP contribution in [0.25, 0.3) is 0 Å². The molecular formula is C27H39N3O5. The topological polar surface area (TPSA) is 108 Å². The van der Waals surface area contributed by atoms with Crippen molar-refractivity contribution in [3.8, 4) is 0 Å². The van der Waals surface area contributed by atoms with Crippen LogP contribution in [0.1, 0.15) is 63.5 Å². The first-order chi connectivity index (χ1) is 16.7. The molecule has 5 atom stereocenters. The third-order valence-electron chi connectivity index (χ3n) is 8.06. The number of hydrogen-bond donors (Lipinski definition) is 3. The molecule has 3 N–H and O–H groups in total. The van der Waals surface area contributed by atoms with E-state index >= 15 is 0 Å². The summed E-state index contributed by atoms with van der Waals surface area (Å²) in [6.07, 6.45) is 4.07. The second kappa shape index (κ2) is 9.90. The first kappa shape index (κ1) is 25.6. The maximum absolute atomic E-state index is 13.9. The standard InChI is InChI=1S/C27H39N3O5/c1-5-13-28-23(32)20-21-25(34)30(14-7-6-8-15-31)22(27(21)12-11-26(20,4)35-27)24(33)29-19-16-17(2)9-10-18(19)3/h9-10,16,20-22,31H,5-8,11-15H2,1-4H3,(H,28,32)(H,29,33)/t20-,21-,22?,26+,27?/m0/s1. The molecule has 8 heteroatoms. The average Bonchev–Trinajstić information content (AvgIpc) is 3.38. The summed E-state index contributed by atoms with van der Waals surface area (Å²) in [7, 11) is 0. The first-order valence-corrected chi connectivity index (χ1v) is 13.0. The monoisotopic (exact) mass is 485 g/mol. The van der Waals surface area contributed by atoms with Crippen molar-refractivity contribution in [2.24, 2.45) is 11.8 Å². The fraction of sp³-hybridized carbons (Fsp3) is 0.667. The molecule has 3 heterocycles. The number of aliphatic hydroxyl groups excluding tert-OH is 1. The molecule has 1 spiro atoms. The van der Waals surface area contributed by atoms with E-state index in [0.717, 1.165) is 29.7 Å². The summed E-state index contributed by atoms with van der Waals surface area (Å²) in [6.45, 7) is 8.84. The van der Waals surface area contributed by atoms with Crippen molar-refractivity contribution in [1.29, 1.82) is 0 Å². The van der Waals surface area contributed by atoms with E-state index in [0.29, 0.717) is 38.8 Å². The number of rotatable bonds is 10. The third kappa shape index (κ3) is 4.35. The summed E-state index contributed by atoms with van der Waals surface area (Å²) < 4.78 is 6.61. The van der Waals surface area contributed by atoms with Crippen molar-refractivity contribution in [2.45, 2.75) is 83.5 Å². The van der Waals surface area contributed by atoms with Crippen LogP contribution in [0.4, 0.5) is 5.69 Å². The number of ether oxygens (including phenoxy) is 1. The van der Waals surface area contributed by atoms with Crippen molar-refractivity contribution in [1.82, 2.24) is 10.2 Å². The van der Waals surface area contributed by atoms with Gasteiger partial charge in [0.2, 0.25) is 17.7 Å². The predicted octanol–water partition coefficient (Wildman–Crippen LogP) is 2.70. The van der Waals surface area contributed by atoms with Gasteiger partial charge in [-0.25, -0.2) is 0 Å². The van der Waals surface area contributed by atoms with Gasteiger partial charge in [0, 0.05) is 25.4 Å². The molecule has 8 nitrogen and oxygen atoms in total. The molecule has 35 heavy (non-hydrogen) atoms. The summed E-state index contributed by atoms with van der Waals surface area (Å²) in [4.78, 5) is 42.7. The molecule has 3 amide bonds. The molecule has 3 fully saturated rings. The zero-order valence-corrected chi connectivity index (χ0v) is 21.4. The van der Waals surface area contributed by atoms with E-state index in [4.69, 9.17) is 9.84 Å². The quantitative estimate of drug-likeness (QED) is 0.442. The minimum Gasteiger partial charge on any atom is -0.396 e. The number of fused-ring (bicyclic) bond motifs is 1. The van der Waals surface area contributed by atoms with Crippen LogP contribution in [0.2, 0.25) is 0 Å². The fourth-order valence-corrected chi connectivity index (χ4v) is 6.37. The fourth-order valence-electron chi connectivity index (χ4n) is 6.37. The van der Waals surface area contributed by atoms with Gasteiger partial charge in [-0.15, -0.1) is 0 Å². The van der Waals surface area contributed by atoms with Gasteiger partial charge in [-0.05, 0) is 76.5 Å². The lowest BCUT2D eigenvalue weighted by molar-refractivity contribution is -0.144. The molecule has 0 radical (unpaired) electrons. The predicted molar refractivity (Wildman–Crippen MR) is 133 cm³/mol. The number of aliphatic hydroxyl groups is 1. The largest absolute Gasteiger partial charge is 0.396 e. The SMILES string of the molecule is CCCNC(=O)[C@@H]1[C@H]2C(=O)N(CCCCCO)C(C(=O)Nc3cc(C)ccc3C)C23CC[C@@]1(C)O3. The van der Waals surface area contributed by atoms with Crippen molar-refractivity contribution in [2.75, 3.05) is 25.0 Å². The number of nitrogens with zero attached hydrogens (tertiary/aromatic N) is 1. The number of anilines is 1. The first-order valence-electron chi connectivity index (χ1n) is 13.0. The van der Waals surface area contributed by atoms with Crippen molar-refractivity contribution in [3.63, 3.8) is 0 Å². The van der Waals surface area contributed by atoms with Crippen LogP contribution in [0.5, 0.6) is 0 Å². The molecule has 3 aliphatic heterocycles. The summed E-state index contributed by atoms with van der Waals surface area (Å²) in [5, 5.41) is 15.2. The number of unbranched alkanes of at least 4 members (excludes halogenated alkanes) is 2. The second-order valence-corrected chi connectivity index (χ2v) is 10.6. The van der Waals surface area contributed by atoms with Gasteiger partial charge >= 0.3 is 0 Å². The summed E-state index contributed by atoms with van der Waals surface area (Å²) in [5.41, 5.74) is 0.914. The Morgan fingerprint density at radius 3 is 2.66 bits per heavy atom. The lowest BCUT2D eigenvalue weighted by atomic mass is 9.66. The van der Waals surface area contributed by atoms with Gasteiger partial charge in [0.15, 0.2) is 0 Å². The van der Waals surface area contributed by atoms with Gasteiger partial charge in [-0.3, -0.25) is 14.4 Å². The molecule has 192 valence electrons. The molecule has 0 aliphatic carbocycles. The average molecular weight is 486 g/mol. The molecule has 3 aliphatic rings. The van der Waals surface area contributed by atoms with E-state index in [9.17, 15) is 14.4 Å². The Labute approximate surface area is 207 Å². The van der Waals surface area contributed by atoms with E-state index in [-0.39, 0.29) is 24.3 Å². The smallest absolute Gasteiger partial charge is 0.250 e. The minimum atomic E-state index is -1.02. The summed E-state index contributed by atoms with van der Waals surface area (Å²) in [6, 6.07) is 5.08. The Balaban J connectivity index is 1.68. The Kier molecular flexibility index (Phi) is 7.25. The van der Waals surface area contributed by atoms with E-state index in [1.165, 1.54) is 0 Å². The van der Waals surface area contributed by atoms with Gasteiger partial charge in [0.05, 0.1) is 17.4 Å². The van der Waals surface area contributed by atoms with Crippen LogP contribution in [-0.2, 0) is 19.1 Å². The normalized spacial score (nSPS) is 31.1. The maximum Gasteiger partial charge on any atom is 0.250 e. The highest BCUT2D eigenvalue weighted by Crippen LogP contribution is 2.63. The van der Waals surface area contributed by atoms with E-state index in [1.54, 1.807) is 4.90 Å². The molecule has 2 unspecified atom stereocenters. The number of benzene rings is 1. The number of amides is 3. The van der Waals surface area contributed by atoms with E-state index in [2.05, 4.69) is 10.6 Å². The van der Waals surface area contributed by atoms with Crippen LogP contribution in [0.15, 0.2) is 18.2 Å². The van der Waals surface area contributed by atoms with E-state index < -0.39 is 29.1 Å². The summed E-state index contributed by atoms with van der Waals surface area (Å²) >= 11 is 0. The van der Waals surface area contributed by atoms with Gasteiger partial charge in [-0.1, -0.05) is 19.1 Å². The number of aryl methyl sites for hydroxylation is 2. The number of hydrogen-bond acceptors (Lipinski definition) is 5. The van der Waals surface area contributed by atoms with E-state index in [1.807, 2.05) is 45.9 Å². The van der Waals surface area contributed by atoms with Crippen LogP contribution in [0, 0.1) is 25.7 Å². The highest BCUT2D eigenvalue weighted by atomic mass is 16.5. The summed E-state index contributed by atoms with van der Waals surface area (Å²) in [5.74, 6) is -1.89. The van der Waals surface area contributed by atoms with Gasteiger partial charge in [0.25, 0.3) is 0 Å². The lowest BCUT2D eigenvalue weighted by Gasteiger charge is -2.33. The molecule has 1 aromatic carbocycles. The van der Waals surface area contributed by atoms with Crippen LogP contribution < -0.4 is 10.6 Å². The Bertz CT molecular complexity index is 997. The zero-order chi connectivity index (χ0) is 25.4. The number of nitrogens with one attached hydrogen (secondary N) is 2. The second-order valence-electron chi connectivity index (χ2n) is 10.6. The van der Waals surface area contributed by atoms with Crippen molar-refractivity contribution >= 4 is 23.4 Å². The van der Waals surface area contributed by atoms with Crippen LogP contribution >= 0.6 is 0 Å². The zero-order valence-electron chi connectivity index (χ0n) is 21.4. The van der Waals surface area contributed by atoms with Gasteiger partial charge in [-0.2, -0.15) is 0 Å². The van der Waals surface area contributed by atoms with Gasteiger partial charge < -0.3 is 25.4 Å². The minimum absolute atomic E-state index is 0.0954. The highest BCUT2D eigenvalue weighted by molar-refractivity contribution is 6.04. The highest BCUT2D eigenvalue weighted by Gasteiger charge is 2.77. The Hall–Kier alpha value is -2.45. The van der Waals surface area contributed by atoms with Gasteiger partial charge in [0.1, 0.15) is 11.6 Å². The number of carbonyl (C=O) groups excluding carboxylic acids is 3. The number of carbonyl (C=O) groups is 3. The molecule has 4 rings (SSSR count). The molecule has 0 aromatic heterocycles. The molecule has 2 bridgehead atoms. The van der Waals surface area contributed by atoms with Crippen LogP contribution in [-0.4, -0.2) is 64.7 Å². The Morgan fingerprint density at radius 2 is 1.94 bits per heavy atom. The maximum atomic E-state index is 13.9. The number of likely N-dealkylation sites (tertiary alicyclic amines) is 1. The molecule has 1 aromatic rings. The molecule has 0 saturated carbocycles. The van der Waals surface area contributed by atoms with Crippen LogP contribution in [0.3, 0.4) is 0 Å². The Morgan fingerprint density at radius 1 is 1.17 bits per heavy atom. The van der Waals surface area contributed by atoms with Crippen molar-refractivity contribution in [3.05, 3.63) is 29.3 Å². The molecule has 3 saturated heterocycles. The lowest BCUT2D eigenvalue weighted by Crippen LogP contribution is -2.53. The third-order valence-corrected chi connectivity index (χ3v) is 8.06. The van der Waals surface area contributed by atoms with Crippen molar-refractivity contribution < 1.29 is 24.2 Å².